The fraction of sp³-hybridized carbons (Fsp3) is 0.250. The Morgan fingerprint density at radius 1 is 1.16 bits per heavy atom. The van der Waals surface area contributed by atoms with Crippen molar-refractivity contribution in [2.75, 3.05) is 7.11 Å². The molecule has 0 saturated heterocycles. The van der Waals surface area contributed by atoms with Crippen LogP contribution in [0.1, 0.15) is 43.2 Å². The first-order chi connectivity index (χ1) is 15.2. The molecule has 0 saturated carbocycles. The molecule has 3 aromatic heterocycles. The number of ketones is 1. The van der Waals surface area contributed by atoms with E-state index in [1.54, 1.807) is 13.8 Å². The van der Waals surface area contributed by atoms with E-state index >= 15 is 0 Å². The summed E-state index contributed by atoms with van der Waals surface area (Å²) in [5.41, 5.74) is 5.49. The number of benzene rings is 1. The van der Waals surface area contributed by atoms with Gasteiger partial charge in [-0.1, -0.05) is 18.2 Å². The van der Waals surface area contributed by atoms with E-state index in [2.05, 4.69) is 16.0 Å². The van der Waals surface area contributed by atoms with Crippen molar-refractivity contribution in [1.82, 2.24) is 14.5 Å². The zero-order chi connectivity index (χ0) is 23.2. The molecular formula is C24H23N3O4S. The van der Waals surface area contributed by atoms with Crippen molar-refractivity contribution in [2.24, 2.45) is 0 Å². The van der Waals surface area contributed by atoms with Crippen molar-refractivity contribution >= 4 is 33.3 Å². The van der Waals surface area contributed by atoms with Crippen molar-refractivity contribution in [3.63, 3.8) is 0 Å². The highest BCUT2D eigenvalue weighted by atomic mass is 32.1. The molecule has 0 bridgehead atoms. The summed E-state index contributed by atoms with van der Waals surface area (Å²) in [6.45, 7) is 7.28. The molecule has 0 fully saturated rings. The van der Waals surface area contributed by atoms with Crippen molar-refractivity contribution < 1.29 is 14.3 Å². The van der Waals surface area contributed by atoms with Crippen LogP contribution in [0.25, 0.3) is 21.3 Å². The Balaban J connectivity index is 1.74. The Morgan fingerprint density at radius 3 is 2.59 bits per heavy atom. The van der Waals surface area contributed by atoms with Gasteiger partial charge in [0.05, 0.1) is 36.6 Å². The minimum Gasteiger partial charge on any atom is -0.465 e. The highest BCUT2D eigenvalue weighted by Gasteiger charge is 2.23. The Labute approximate surface area is 188 Å². The molecule has 4 aromatic rings. The number of aryl methyl sites for hydroxylation is 3. The second-order valence-corrected chi connectivity index (χ2v) is 8.70. The minimum atomic E-state index is -0.508. The third kappa shape index (κ3) is 3.56. The summed E-state index contributed by atoms with van der Waals surface area (Å²) in [5.74, 6) is -0.821. The number of fused-ring (bicyclic) bond motifs is 1. The molecule has 164 valence electrons. The summed E-state index contributed by atoms with van der Waals surface area (Å²) in [7, 11) is 1.30. The number of carbonyl (C=O) groups is 2. The molecule has 0 spiro atoms. The number of hydrogen-bond acceptors (Lipinski definition) is 6. The summed E-state index contributed by atoms with van der Waals surface area (Å²) in [4.78, 5) is 46.3. The zero-order valence-electron chi connectivity index (χ0n) is 18.5. The number of hydrogen-bond donors (Lipinski definition) is 1. The molecule has 0 radical (unpaired) electrons. The number of nitrogens with one attached hydrogen (secondary N) is 1. The molecule has 0 aliphatic heterocycles. The molecule has 32 heavy (non-hydrogen) atoms. The number of rotatable bonds is 5. The molecule has 0 aliphatic carbocycles. The Morgan fingerprint density at radius 2 is 1.91 bits per heavy atom. The molecule has 0 aliphatic rings. The third-order valence-electron chi connectivity index (χ3n) is 5.80. The van der Waals surface area contributed by atoms with Crippen LogP contribution in [0, 0.1) is 27.7 Å². The molecule has 1 aromatic carbocycles. The van der Waals surface area contributed by atoms with Crippen LogP contribution in [0.2, 0.25) is 0 Å². The molecule has 3 heterocycles. The van der Waals surface area contributed by atoms with Gasteiger partial charge in [-0.2, -0.15) is 0 Å². The van der Waals surface area contributed by atoms with Gasteiger partial charge in [-0.15, -0.1) is 11.3 Å². The van der Waals surface area contributed by atoms with Gasteiger partial charge in [0, 0.05) is 16.6 Å². The normalized spacial score (nSPS) is 11.2. The SMILES string of the molecule is COC(=O)c1c(C)[nH]c(C(=O)Cn2cnc3scc(-c4ccc(C)c(C)c4)c3c2=O)c1C. The highest BCUT2D eigenvalue weighted by Crippen LogP contribution is 2.31. The van der Waals surface area contributed by atoms with Gasteiger partial charge in [-0.25, -0.2) is 9.78 Å². The molecule has 1 N–H and O–H groups in total. The first-order valence-electron chi connectivity index (χ1n) is 10.1. The Hall–Kier alpha value is -3.52. The summed E-state index contributed by atoms with van der Waals surface area (Å²) in [5, 5.41) is 2.43. The van der Waals surface area contributed by atoms with E-state index in [4.69, 9.17) is 4.74 Å². The summed E-state index contributed by atoms with van der Waals surface area (Å²) in [6.07, 6.45) is 1.40. The largest absolute Gasteiger partial charge is 0.465 e. The van der Waals surface area contributed by atoms with Crippen LogP contribution >= 0.6 is 11.3 Å². The first kappa shape index (κ1) is 21.7. The quantitative estimate of drug-likeness (QED) is 0.361. The van der Waals surface area contributed by atoms with Gasteiger partial charge in [0.25, 0.3) is 5.56 Å². The Kier molecular flexibility index (Phi) is 5.56. The van der Waals surface area contributed by atoms with Gasteiger partial charge >= 0.3 is 5.97 Å². The minimum absolute atomic E-state index is 0.189. The lowest BCUT2D eigenvalue weighted by Crippen LogP contribution is -2.25. The molecule has 4 rings (SSSR count). The standard InChI is InChI=1S/C24H23N3O4S/c1-12-6-7-16(8-13(12)2)17-10-32-22-20(17)23(29)27(11-25-22)9-18(28)21-14(3)19(15(4)26-21)24(30)31-5/h6-8,10-11,26H,9H2,1-5H3. The Bertz CT molecular complexity index is 1440. The van der Waals surface area contributed by atoms with Gasteiger partial charge in [-0.3, -0.25) is 14.2 Å². The van der Waals surface area contributed by atoms with Crippen LogP contribution < -0.4 is 5.56 Å². The van der Waals surface area contributed by atoms with Crippen molar-refractivity contribution in [3.05, 3.63) is 73.9 Å². The molecule has 7 nitrogen and oxygen atoms in total. The molecular weight excluding hydrogens is 426 g/mol. The van der Waals surface area contributed by atoms with Crippen LogP contribution in [0.4, 0.5) is 0 Å². The number of carbonyl (C=O) groups excluding carboxylic acids is 2. The lowest BCUT2D eigenvalue weighted by Gasteiger charge is -2.07. The zero-order valence-corrected chi connectivity index (χ0v) is 19.3. The van der Waals surface area contributed by atoms with Gasteiger partial charge in [0.2, 0.25) is 0 Å². The monoisotopic (exact) mass is 449 g/mol. The second kappa shape index (κ2) is 8.20. The van der Waals surface area contributed by atoms with Gasteiger partial charge in [0.15, 0.2) is 5.78 Å². The van der Waals surface area contributed by atoms with Crippen LogP contribution in [-0.4, -0.2) is 33.4 Å². The summed E-state index contributed by atoms with van der Waals surface area (Å²) >= 11 is 1.40. The topological polar surface area (TPSA) is 94.1 Å². The number of H-pyrrole nitrogens is 1. The number of nitrogens with zero attached hydrogens (tertiary/aromatic N) is 2. The molecule has 0 amide bonds. The van der Waals surface area contributed by atoms with E-state index in [-0.39, 0.29) is 23.6 Å². The average Bonchev–Trinajstić information content (AvgIpc) is 3.32. The second-order valence-electron chi connectivity index (χ2n) is 7.85. The summed E-state index contributed by atoms with van der Waals surface area (Å²) < 4.78 is 6.12. The highest BCUT2D eigenvalue weighted by molar-refractivity contribution is 7.17. The predicted octanol–water partition coefficient (Wildman–Crippen LogP) is 4.36. The molecule has 8 heteroatoms. The summed E-state index contributed by atoms with van der Waals surface area (Å²) in [6, 6.07) is 6.07. The molecule has 0 atom stereocenters. The maximum absolute atomic E-state index is 13.3. The van der Waals surface area contributed by atoms with Gasteiger partial charge in [-0.05, 0) is 49.9 Å². The fourth-order valence-corrected chi connectivity index (χ4v) is 4.78. The number of aromatic amines is 1. The van der Waals surface area contributed by atoms with Crippen molar-refractivity contribution in [2.45, 2.75) is 34.2 Å². The number of methoxy groups -OCH3 is 1. The maximum atomic E-state index is 13.3. The van der Waals surface area contributed by atoms with E-state index in [0.717, 1.165) is 16.7 Å². The van der Waals surface area contributed by atoms with Gasteiger partial charge in [0.1, 0.15) is 4.83 Å². The number of aromatic nitrogens is 3. The van der Waals surface area contributed by atoms with Crippen LogP contribution in [0.5, 0.6) is 0 Å². The number of thiophene rings is 1. The van der Waals surface area contributed by atoms with Crippen LogP contribution in [0.15, 0.2) is 34.7 Å². The predicted molar refractivity (Wildman–Crippen MR) is 125 cm³/mol. The number of Topliss-reactive ketones (excluding diaryl/α,β-unsaturated/α-hetero) is 1. The van der Waals surface area contributed by atoms with Crippen LogP contribution in [-0.2, 0) is 11.3 Å². The lowest BCUT2D eigenvalue weighted by atomic mass is 10.0. The van der Waals surface area contributed by atoms with E-state index in [0.29, 0.717) is 27.0 Å². The van der Waals surface area contributed by atoms with E-state index in [1.807, 2.05) is 31.4 Å². The smallest absolute Gasteiger partial charge is 0.339 e. The van der Waals surface area contributed by atoms with Crippen molar-refractivity contribution in [1.29, 1.82) is 0 Å². The average molecular weight is 450 g/mol. The van der Waals surface area contributed by atoms with Gasteiger partial charge < -0.3 is 9.72 Å². The maximum Gasteiger partial charge on any atom is 0.339 e. The van der Waals surface area contributed by atoms with E-state index in [1.165, 1.54) is 34.9 Å². The fourth-order valence-electron chi connectivity index (χ4n) is 3.87. The van der Waals surface area contributed by atoms with E-state index < -0.39 is 5.97 Å². The van der Waals surface area contributed by atoms with Crippen molar-refractivity contribution in [3.8, 4) is 11.1 Å². The number of ether oxygens (including phenoxy) is 1. The third-order valence-corrected chi connectivity index (χ3v) is 6.68. The van der Waals surface area contributed by atoms with E-state index in [9.17, 15) is 14.4 Å². The van der Waals surface area contributed by atoms with Crippen LogP contribution in [0.3, 0.4) is 0 Å². The first-order valence-corrected chi connectivity index (χ1v) is 11.0. The molecule has 0 unspecified atom stereocenters. The number of esters is 1. The lowest BCUT2D eigenvalue weighted by molar-refractivity contribution is 0.0599.